The van der Waals surface area contributed by atoms with Crippen LogP contribution in [0.2, 0.25) is 0 Å². The van der Waals surface area contributed by atoms with Crippen molar-refractivity contribution in [3.8, 4) is 0 Å². The van der Waals surface area contributed by atoms with E-state index in [-0.39, 0.29) is 0 Å². The molecule has 0 spiro atoms. The first-order valence-electron chi connectivity index (χ1n) is 12.2. The summed E-state index contributed by atoms with van der Waals surface area (Å²) in [5.41, 5.74) is 0. The molecular weight excluding hydrogens is 452 g/mol. The predicted octanol–water partition coefficient (Wildman–Crippen LogP) is 8.56. The average Bonchev–Trinajstić information content (AvgIpc) is 2.79. The van der Waals surface area contributed by atoms with Crippen molar-refractivity contribution >= 4 is 11.9 Å². The van der Waals surface area contributed by atoms with Crippen LogP contribution in [-0.2, 0) is 33.3 Å². The molecule has 0 aromatic rings. The van der Waals surface area contributed by atoms with Gasteiger partial charge in [0.15, 0.2) is 0 Å². The van der Waals surface area contributed by atoms with Crippen LogP contribution in [0.5, 0.6) is 0 Å². The van der Waals surface area contributed by atoms with Crippen LogP contribution < -0.4 is 0 Å². The Morgan fingerprint density at radius 1 is 0.758 bits per heavy atom. The first-order valence-corrected chi connectivity index (χ1v) is 12.8. The third kappa shape index (κ3) is 80.5. The van der Waals surface area contributed by atoms with Crippen LogP contribution in [0.15, 0.2) is 25.3 Å². The van der Waals surface area contributed by atoms with Crippen LogP contribution in [0.1, 0.15) is 118 Å². The number of carbonyl (C=O) groups is 2. The Bertz CT molecular complexity index is 380. The molecule has 0 saturated heterocycles. The molecule has 0 aliphatic heterocycles. The average molecular weight is 505 g/mol. The fourth-order valence-electron chi connectivity index (χ4n) is 2.50. The summed E-state index contributed by atoms with van der Waals surface area (Å²) in [6.45, 7) is 18.5. The van der Waals surface area contributed by atoms with E-state index in [1.54, 1.807) is 0 Å². The van der Waals surface area contributed by atoms with Gasteiger partial charge in [-0.1, -0.05) is 110 Å². The molecular formula is C27H52O5Ti. The van der Waals surface area contributed by atoms with Gasteiger partial charge in [0.2, 0.25) is 0 Å². The summed E-state index contributed by atoms with van der Waals surface area (Å²) in [5, 5.41) is 15.2. The number of hydrogen-bond donors (Lipinski definition) is 2. The molecule has 0 heterocycles. The van der Waals surface area contributed by atoms with E-state index in [0.29, 0.717) is 0 Å². The topological polar surface area (TPSA) is 91.7 Å². The molecule has 0 aliphatic carbocycles. The van der Waals surface area contributed by atoms with Gasteiger partial charge in [0, 0.05) is 12.2 Å². The number of rotatable bonds is 16. The van der Waals surface area contributed by atoms with E-state index in [0.717, 1.165) is 44.9 Å². The predicted molar refractivity (Wildman–Crippen MR) is 137 cm³/mol. The number of hydrogen-bond acceptors (Lipinski definition) is 3. The third-order valence-electron chi connectivity index (χ3n) is 4.13. The summed E-state index contributed by atoms with van der Waals surface area (Å²) in [6, 6.07) is 0. The Labute approximate surface area is 217 Å². The number of carboxylic acid groups (broad SMARTS) is 2. The molecule has 0 aliphatic rings. The van der Waals surface area contributed by atoms with E-state index in [1.807, 2.05) is 20.3 Å². The van der Waals surface area contributed by atoms with Crippen molar-refractivity contribution in [2.75, 3.05) is 0 Å². The van der Waals surface area contributed by atoms with Gasteiger partial charge in [-0.25, -0.2) is 9.59 Å². The van der Waals surface area contributed by atoms with Crippen LogP contribution in [0.4, 0.5) is 0 Å². The van der Waals surface area contributed by atoms with E-state index in [2.05, 4.69) is 33.9 Å². The van der Waals surface area contributed by atoms with Crippen molar-refractivity contribution < 1.29 is 43.5 Å². The zero-order valence-electron chi connectivity index (χ0n) is 21.9. The SMILES string of the molecule is C=CC(=O)O.C=CC(=O)O.C[CH-]C.[CH2-]CCCCCCCCCCCCCCC(C)C.[O]=[Ti+2]. The summed E-state index contributed by atoms with van der Waals surface area (Å²) in [5.74, 6) is -1.07. The molecule has 194 valence electrons. The van der Waals surface area contributed by atoms with Gasteiger partial charge in [-0.05, 0) is 5.92 Å². The maximum atomic E-state index is 9.25. The molecule has 0 bridgehead atoms. The Morgan fingerprint density at radius 3 is 1.15 bits per heavy atom. The summed E-state index contributed by atoms with van der Waals surface area (Å²) in [7, 11) is 0. The molecule has 0 atom stereocenters. The first-order chi connectivity index (χ1) is 15.7. The normalized spacial score (nSPS) is 8.85. The fourth-order valence-corrected chi connectivity index (χ4v) is 2.50. The molecule has 0 fully saturated rings. The minimum atomic E-state index is -0.981. The Hall–Kier alpha value is -1.07. The molecule has 0 aromatic heterocycles. The van der Waals surface area contributed by atoms with Gasteiger partial charge in [0.05, 0.1) is 0 Å². The molecule has 0 aromatic carbocycles. The Morgan fingerprint density at radius 2 is 0.970 bits per heavy atom. The third-order valence-corrected chi connectivity index (χ3v) is 4.13. The molecule has 0 radical (unpaired) electrons. The van der Waals surface area contributed by atoms with Crippen molar-refractivity contribution in [1.82, 2.24) is 0 Å². The quantitative estimate of drug-likeness (QED) is 0.0951. The van der Waals surface area contributed by atoms with Crippen molar-refractivity contribution in [3.63, 3.8) is 0 Å². The molecule has 0 rings (SSSR count). The maximum absolute atomic E-state index is 9.25. The summed E-state index contributed by atoms with van der Waals surface area (Å²) >= 11 is 0.750. The van der Waals surface area contributed by atoms with Gasteiger partial charge in [0.1, 0.15) is 0 Å². The van der Waals surface area contributed by atoms with Gasteiger partial charge in [-0.3, -0.25) is 0 Å². The van der Waals surface area contributed by atoms with Gasteiger partial charge >= 0.3 is 35.7 Å². The monoisotopic (exact) mass is 504 g/mol. The molecule has 0 unspecified atom stereocenters. The van der Waals surface area contributed by atoms with Crippen molar-refractivity contribution in [2.45, 2.75) is 118 Å². The number of aliphatic carboxylic acids is 2. The van der Waals surface area contributed by atoms with E-state index >= 15 is 0 Å². The molecule has 5 nitrogen and oxygen atoms in total. The number of carboxylic acids is 2. The van der Waals surface area contributed by atoms with E-state index in [1.165, 1.54) is 83.5 Å². The molecule has 0 saturated carbocycles. The molecule has 0 amide bonds. The van der Waals surface area contributed by atoms with Crippen LogP contribution in [0.25, 0.3) is 0 Å². The van der Waals surface area contributed by atoms with E-state index in [9.17, 15) is 9.59 Å². The van der Waals surface area contributed by atoms with Crippen molar-refractivity contribution in [2.24, 2.45) is 5.92 Å². The van der Waals surface area contributed by atoms with Gasteiger partial charge < -0.3 is 23.6 Å². The zero-order valence-corrected chi connectivity index (χ0v) is 23.5. The Kier molecular flexibility index (Phi) is 56.9. The van der Waals surface area contributed by atoms with E-state index < -0.39 is 11.9 Å². The van der Waals surface area contributed by atoms with Crippen molar-refractivity contribution in [3.05, 3.63) is 38.7 Å². The zero-order chi connectivity index (χ0) is 26.8. The first kappa shape index (κ1) is 42.1. The second-order valence-electron chi connectivity index (χ2n) is 7.94. The molecule has 33 heavy (non-hydrogen) atoms. The van der Waals surface area contributed by atoms with Gasteiger partial charge in [0.25, 0.3) is 0 Å². The standard InChI is InChI=1S/C18H37.2C3H4O2.C3H7.O.Ti/c1-4-5-6-7-8-9-10-11-12-13-14-15-16-17-18(2)3;2*1-2-3(4)5;1-3-2;;/h18H,1,4-17H2,2-3H3;2*2H,1H2,(H,4,5);3H,1-2H3;;/q-1;;;-1;;+2. The summed E-state index contributed by atoms with van der Waals surface area (Å²) in [6.07, 6.45) is 23.6. The molecule has 2 N–H and O–H groups in total. The fraction of sp³-hybridized carbons (Fsp3) is 0.704. The van der Waals surface area contributed by atoms with Crippen LogP contribution in [-0.4, -0.2) is 22.2 Å². The number of unbranched alkanes of at least 4 members (excludes halogenated alkanes) is 12. The Balaban J connectivity index is -0.000000142. The second-order valence-corrected chi connectivity index (χ2v) is 7.94. The van der Waals surface area contributed by atoms with Crippen LogP contribution >= 0.6 is 0 Å². The van der Waals surface area contributed by atoms with E-state index in [4.69, 9.17) is 13.5 Å². The minimum absolute atomic E-state index is 0.750. The second kappa shape index (κ2) is 44.6. The van der Waals surface area contributed by atoms with Gasteiger partial charge in [-0.15, -0.1) is 0 Å². The van der Waals surface area contributed by atoms with Crippen molar-refractivity contribution in [1.29, 1.82) is 0 Å². The van der Waals surface area contributed by atoms with Crippen LogP contribution in [0, 0.1) is 19.3 Å². The van der Waals surface area contributed by atoms with Crippen LogP contribution in [0.3, 0.4) is 0 Å². The van der Waals surface area contributed by atoms with Gasteiger partial charge in [-0.2, -0.15) is 20.3 Å². The molecule has 6 heteroatoms. The summed E-state index contributed by atoms with van der Waals surface area (Å²) in [4.78, 5) is 18.5. The summed E-state index contributed by atoms with van der Waals surface area (Å²) < 4.78 is 8.25.